The van der Waals surface area contributed by atoms with Crippen LogP contribution in [-0.2, 0) is 16.2 Å². The summed E-state index contributed by atoms with van der Waals surface area (Å²) in [6.07, 6.45) is 22.3. The maximum Gasteiger partial charge on any atom is 0.0461 e. The van der Waals surface area contributed by atoms with E-state index in [0.717, 1.165) is 6.42 Å². The predicted octanol–water partition coefficient (Wildman–Crippen LogP) is 25.6. The van der Waals surface area contributed by atoms with Gasteiger partial charge in [0, 0.05) is 62.0 Å². The predicted molar refractivity (Wildman–Crippen MR) is 384 cm³/mol. The maximum absolute atomic E-state index is 2.63. The molecule has 2 saturated carbocycles. The van der Waals surface area contributed by atoms with Crippen LogP contribution in [0.1, 0.15) is 199 Å². The van der Waals surface area contributed by atoms with Crippen LogP contribution in [0.4, 0.5) is 51.2 Å². The monoisotopic (exact) mass is 1180 g/mol. The Balaban J connectivity index is 0.901. The fourth-order valence-electron chi connectivity index (χ4n) is 16.2. The van der Waals surface area contributed by atoms with E-state index in [2.05, 4.69) is 295 Å². The molecule has 11 rings (SSSR count). The van der Waals surface area contributed by atoms with E-state index in [0.29, 0.717) is 11.8 Å². The van der Waals surface area contributed by atoms with E-state index in [1.54, 1.807) is 0 Å². The summed E-state index contributed by atoms with van der Waals surface area (Å²) in [6.45, 7) is 20.7. The van der Waals surface area contributed by atoms with Crippen LogP contribution in [0.15, 0.2) is 218 Å². The quantitative estimate of drug-likeness (QED) is 0.0558. The highest BCUT2D eigenvalue weighted by Crippen LogP contribution is 2.58. The number of aryl methyl sites for hydroxylation is 5. The topological polar surface area (TPSA) is 9.72 Å². The van der Waals surface area contributed by atoms with Gasteiger partial charge < -0.3 is 14.7 Å². The van der Waals surface area contributed by atoms with Crippen LogP contribution >= 0.6 is 0 Å². The summed E-state index contributed by atoms with van der Waals surface area (Å²) < 4.78 is 0. The molecule has 0 heterocycles. The van der Waals surface area contributed by atoms with Gasteiger partial charge in [0.25, 0.3) is 0 Å². The summed E-state index contributed by atoms with van der Waals surface area (Å²) in [5.41, 5.74) is 23.2. The van der Waals surface area contributed by atoms with Gasteiger partial charge in [-0.25, -0.2) is 0 Å². The van der Waals surface area contributed by atoms with Crippen molar-refractivity contribution in [2.45, 2.75) is 200 Å². The fraction of sp³-hybridized carbons (Fsp3) is 0.372. The van der Waals surface area contributed by atoms with Gasteiger partial charge in [-0.1, -0.05) is 229 Å². The number of rotatable bonds is 24. The van der Waals surface area contributed by atoms with Crippen LogP contribution in [-0.4, -0.2) is 0 Å². The van der Waals surface area contributed by atoms with Gasteiger partial charge >= 0.3 is 0 Å². The molecule has 0 saturated heterocycles. The Hall–Kier alpha value is -7.62. The molecule has 4 atom stereocenters. The third kappa shape index (κ3) is 13.6. The first-order valence-electron chi connectivity index (χ1n) is 34.5. The molecular weight excluding hydrogens is 1070 g/mol. The van der Waals surface area contributed by atoms with E-state index in [1.807, 2.05) is 0 Å². The molecule has 3 nitrogen and oxygen atoms in total. The van der Waals surface area contributed by atoms with Crippen molar-refractivity contribution in [2.75, 3.05) is 14.7 Å². The minimum absolute atomic E-state index is 0.00607. The summed E-state index contributed by atoms with van der Waals surface area (Å²) in [4.78, 5) is 7.36. The molecule has 9 aromatic rings. The summed E-state index contributed by atoms with van der Waals surface area (Å²) >= 11 is 0. The van der Waals surface area contributed by atoms with Crippen molar-refractivity contribution in [3.8, 4) is 0 Å². The van der Waals surface area contributed by atoms with Gasteiger partial charge in [0.2, 0.25) is 0 Å². The van der Waals surface area contributed by atoms with E-state index in [9.17, 15) is 0 Å². The highest BCUT2D eigenvalue weighted by molar-refractivity contribution is 5.79. The fourth-order valence-corrected chi connectivity index (χ4v) is 16.2. The molecule has 2 fully saturated rings. The summed E-state index contributed by atoms with van der Waals surface area (Å²) in [5.74, 6) is 1.13. The van der Waals surface area contributed by atoms with Crippen molar-refractivity contribution < 1.29 is 0 Å². The van der Waals surface area contributed by atoms with Gasteiger partial charge in [-0.3, -0.25) is 0 Å². The van der Waals surface area contributed by atoms with E-state index < -0.39 is 0 Å². The second-order valence-electron chi connectivity index (χ2n) is 27.4. The Morgan fingerprint density at radius 1 is 0.360 bits per heavy atom. The molecule has 89 heavy (non-hydrogen) atoms. The average molecular weight is 1180 g/mol. The molecule has 0 aliphatic heterocycles. The van der Waals surface area contributed by atoms with Crippen molar-refractivity contribution >= 4 is 51.2 Å². The Bertz CT molecular complexity index is 3540. The number of unbranched alkanes of at least 4 members (excludes halogenated alkanes) is 4. The van der Waals surface area contributed by atoms with Gasteiger partial charge in [0.1, 0.15) is 0 Å². The average Bonchev–Trinajstić information content (AvgIpc) is 0.831. The summed E-state index contributed by atoms with van der Waals surface area (Å²) in [6, 6.07) is 84.7. The minimum Gasteiger partial charge on any atom is -0.311 e. The molecule has 2 aliphatic carbocycles. The van der Waals surface area contributed by atoms with Crippen LogP contribution in [0.2, 0.25) is 0 Å². The Kier molecular flexibility index (Phi) is 20.1. The number of benzene rings is 9. The second kappa shape index (κ2) is 28.5. The van der Waals surface area contributed by atoms with Crippen molar-refractivity contribution in [1.29, 1.82) is 0 Å². The lowest BCUT2D eigenvalue weighted by molar-refractivity contribution is 0.128. The van der Waals surface area contributed by atoms with Gasteiger partial charge in [0.05, 0.1) is 0 Å². The molecule has 460 valence electrons. The van der Waals surface area contributed by atoms with Crippen molar-refractivity contribution in [2.24, 2.45) is 5.92 Å². The molecule has 0 N–H and O–H groups in total. The number of nitrogens with zero attached hydrogens (tertiary/aromatic N) is 3. The normalized spacial score (nSPS) is 17.1. The Morgan fingerprint density at radius 3 is 1.07 bits per heavy atom. The van der Waals surface area contributed by atoms with Crippen LogP contribution < -0.4 is 14.7 Å². The van der Waals surface area contributed by atoms with Crippen molar-refractivity contribution in [3.63, 3.8) is 0 Å². The maximum atomic E-state index is 2.63. The van der Waals surface area contributed by atoms with Gasteiger partial charge in [-0.05, 0) is 235 Å². The lowest BCUT2D eigenvalue weighted by Crippen LogP contribution is -2.50. The lowest BCUT2D eigenvalue weighted by Gasteiger charge is -2.54. The van der Waals surface area contributed by atoms with Crippen LogP contribution in [0.3, 0.4) is 0 Å². The molecule has 2 aliphatic rings. The number of hydrogen-bond acceptors (Lipinski definition) is 3. The largest absolute Gasteiger partial charge is 0.311 e. The van der Waals surface area contributed by atoms with E-state index in [1.165, 1.54) is 210 Å². The first-order valence-corrected chi connectivity index (χ1v) is 34.5. The van der Waals surface area contributed by atoms with E-state index in [-0.39, 0.29) is 16.2 Å². The second-order valence-corrected chi connectivity index (χ2v) is 27.4. The molecule has 3 heteroatoms. The molecule has 0 spiro atoms. The zero-order valence-corrected chi connectivity index (χ0v) is 55.5. The molecule has 0 amide bonds. The molecule has 0 aromatic heterocycles. The third-order valence-electron chi connectivity index (χ3n) is 21.5. The Morgan fingerprint density at radius 2 is 0.697 bits per heavy atom. The van der Waals surface area contributed by atoms with Gasteiger partial charge in [-0.2, -0.15) is 0 Å². The van der Waals surface area contributed by atoms with Gasteiger partial charge in [0.15, 0.2) is 0 Å². The SMILES string of the molecule is CCCCCC(C)(c1ccc(N(c2ccc(C)cc2)c2ccc(C3(C(CC)(CCCCC)c4ccc(N(c5ccc(C)cc5)c5ccc(C)cc5)cc4)CCCCC3)cc2)cc1)C1CCCC(c2ccc(N(c3ccc(C)cc3)c3ccc(C)cc3)cc2)C1. The molecule has 4 unspecified atom stereocenters. The Labute approximate surface area is 537 Å². The first-order chi connectivity index (χ1) is 43.3. The van der Waals surface area contributed by atoms with Crippen LogP contribution in [0.5, 0.6) is 0 Å². The molecule has 0 bridgehead atoms. The molecular formula is C86H101N3. The van der Waals surface area contributed by atoms with Gasteiger partial charge in [-0.15, -0.1) is 0 Å². The zero-order chi connectivity index (χ0) is 62.0. The number of anilines is 9. The van der Waals surface area contributed by atoms with E-state index >= 15 is 0 Å². The lowest BCUT2D eigenvalue weighted by atomic mass is 9.49. The third-order valence-corrected chi connectivity index (χ3v) is 21.5. The molecule has 9 aromatic carbocycles. The highest BCUT2D eigenvalue weighted by atomic mass is 15.2. The zero-order valence-electron chi connectivity index (χ0n) is 55.5. The first kappa shape index (κ1) is 63.0. The van der Waals surface area contributed by atoms with Crippen molar-refractivity contribution in [3.05, 3.63) is 268 Å². The summed E-state index contributed by atoms with van der Waals surface area (Å²) in [7, 11) is 0. The smallest absolute Gasteiger partial charge is 0.0461 e. The minimum atomic E-state index is -0.0216. The van der Waals surface area contributed by atoms with Crippen LogP contribution in [0, 0.1) is 40.5 Å². The van der Waals surface area contributed by atoms with Crippen molar-refractivity contribution in [1.82, 2.24) is 0 Å². The van der Waals surface area contributed by atoms with Crippen LogP contribution in [0.25, 0.3) is 0 Å². The van der Waals surface area contributed by atoms with E-state index in [4.69, 9.17) is 0 Å². The standard InChI is InChI=1S/C86H101N3/c1-10-13-16-59-84(9,74-22-20-21-70(63-74)69-33-51-80(52-34-69)87(75-41-23-64(4)24-42-75)76-43-25-65(5)26-44-76)71-35-53-81(54-36-71)89(79-49-31-68(8)32-50-79)83-57-39-73(40-58-83)86(61-18-15-19-62-86)85(12-3,60-17-14-11-2)72-37-55-82(56-38-72)88(77-45-27-66(6)28-46-77)78-47-29-67(7)30-48-78/h23-58,70,74H,10-22,59-63H2,1-9H3. The highest BCUT2D eigenvalue weighted by Gasteiger charge is 2.52. The summed E-state index contributed by atoms with van der Waals surface area (Å²) in [5, 5.41) is 0. The molecule has 0 radical (unpaired) electrons. The number of hydrogen-bond donors (Lipinski definition) is 0.